The molecule has 0 aromatic rings. The van der Waals surface area contributed by atoms with E-state index in [9.17, 15) is 9.90 Å². The minimum Gasteiger partial charge on any atom is -0.456 e. The van der Waals surface area contributed by atoms with Crippen molar-refractivity contribution in [3.8, 4) is 0 Å². The average Bonchev–Trinajstić information content (AvgIpc) is 2.90. The molecule has 3 aliphatic rings. The van der Waals surface area contributed by atoms with Gasteiger partial charge in [-0.15, -0.1) is 0 Å². The molecular formula is C36H56O6Si. The second-order valence-electron chi connectivity index (χ2n) is 14.2. The van der Waals surface area contributed by atoms with Crippen molar-refractivity contribution in [3.63, 3.8) is 0 Å². The highest BCUT2D eigenvalue weighted by molar-refractivity contribution is 6.74. The van der Waals surface area contributed by atoms with E-state index in [1.54, 1.807) is 12.2 Å². The first-order chi connectivity index (χ1) is 20.2. The highest BCUT2D eigenvalue weighted by Gasteiger charge is 2.39. The van der Waals surface area contributed by atoms with Crippen LogP contribution in [0.25, 0.3) is 0 Å². The molecule has 7 heteroatoms. The molecular weight excluding hydrogens is 556 g/mol. The van der Waals surface area contributed by atoms with E-state index in [4.69, 9.17) is 18.6 Å². The van der Waals surface area contributed by atoms with E-state index in [0.29, 0.717) is 25.4 Å². The number of cyclic esters (lactones) is 1. The number of carbonyl (C=O) groups is 1. The van der Waals surface area contributed by atoms with Crippen molar-refractivity contribution >= 4 is 14.3 Å². The third-order valence-corrected chi connectivity index (χ3v) is 13.4. The molecule has 0 aromatic carbocycles. The molecule has 6 nitrogen and oxygen atoms in total. The molecule has 3 aliphatic heterocycles. The van der Waals surface area contributed by atoms with E-state index in [0.717, 1.165) is 37.7 Å². The summed E-state index contributed by atoms with van der Waals surface area (Å²) >= 11 is 0. The molecule has 0 aliphatic carbocycles. The Labute approximate surface area is 261 Å². The van der Waals surface area contributed by atoms with Crippen LogP contribution in [-0.4, -0.2) is 62.6 Å². The maximum atomic E-state index is 12.9. The quantitative estimate of drug-likeness (QED) is 0.193. The van der Waals surface area contributed by atoms with Crippen molar-refractivity contribution in [2.75, 3.05) is 6.61 Å². The van der Waals surface area contributed by atoms with Gasteiger partial charge in [0.2, 0.25) is 0 Å². The number of hydrogen-bond donors (Lipinski definition) is 1. The highest BCUT2D eigenvalue weighted by atomic mass is 28.4. The summed E-state index contributed by atoms with van der Waals surface area (Å²) in [5.41, 5.74) is 2.42. The first-order valence-electron chi connectivity index (χ1n) is 16.1. The standard InChI is InChI=1S/C36H56O6Si/c1-26-20-21-39-30(23-26)18-19-33(37)34-16-10-15-32(42-43(7,8)36(4,5)6)25-28(3)22-27(2)24-31-14-9-12-29(40-31)13-11-17-35(38)41-34/h9-12,15,17-20,27,29-34,37H,3,13-14,16,21-25H2,1-2,4-8H3/b15-10-,17-11-,19-18?. The van der Waals surface area contributed by atoms with Crippen molar-refractivity contribution in [2.45, 2.75) is 134 Å². The molecule has 43 heavy (non-hydrogen) atoms. The SMILES string of the molecule is C=C1CC(C)CC2CC=CC(C/C=C\C(=O)OC(C(O)C=CC3CC(C)=CCO3)C/C=C\C(O[Si](C)(C)C(C)(C)C)C1)O2. The van der Waals surface area contributed by atoms with Gasteiger partial charge in [-0.3, -0.25) is 0 Å². The molecule has 3 heterocycles. The zero-order valence-corrected chi connectivity index (χ0v) is 28.6. The number of ether oxygens (including phenoxy) is 3. The maximum Gasteiger partial charge on any atom is 0.330 e. The Morgan fingerprint density at radius 1 is 1.09 bits per heavy atom. The molecule has 0 saturated heterocycles. The molecule has 240 valence electrons. The molecule has 0 saturated carbocycles. The van der Waals surface area contributed by atoms with Crippen LogP contribution in [0.4, 0.5) is 0 Å². The second-order valence-corrected chi connectivity index (χ2v) is 18.9. The van der Waals surface area contributed by atoms with Gasteiger partial charge in [0.25, 0.3) is 0 Å². The highest BCUT2D eigenvalue weighted by Crippen LogP contribution is 2.38. The predicted octanol–water partition coefficient (Wildman–Crippen LogP) is 7.92. The molecule has 7 unspecified atom stereocenters. The number of fused-ring (bicyclic) bond motifs is 2. The van der Waals surface area contributed by atoms with Crippen LogP contribution in [0, 0.1) is 5.92 Å². The van der Waals surface area contributed by atoms with Crippen molar-refractivity contribution in [1.29, 1.82) is 0 Å². The summed E-state index contributed by atoms with van der Waals surface area (Å²) in [6.45, 7) is 20.6. The van der Waals surface area contributed by atoms with E-state index in [1.807, 2.05) is 12.2 Å². The molecule has 7 atom stereocenters. The first kappa shape index (κ1) is 35.4. The zero-order chi connectivity index (χ0) is 31.6. The Morgan fingerprint density at radius 2 is 1.84 bits per heavy atom. The summed E-state index contributed by atoms with van der Waals surface area (Å²) in [5.74, 6) is -0.0441. The van der Waals surface area contributed by atoms with Crippen LogP contribution in [0.5, 0.6) is 0 Å². The minimum atomic E-state index is -2.07. The lowest BCUT2D eigenvalue weighted by atomic mass is 9.91. The van der Waals surface area contributed by atoms with Crippen molar-refractivity contribution in [2.24, 2.45) is 5.92 Å². The van der Waals surface area contributed by atoms with Gasteiger partial charge in [-0.1, -0.05) is 94.0 Å². The van der Waals surface area contributed by atoms with Crippen LogP contribution >= 0.6 is 0 Å². The van der Waals surface area contributed by atoms with Gasteiger partial charge in [0, 0.05) is 12.5 Å². The average molecular weight is 613 g/mol. The second kappa shape index (κ2) is 16.3. The van der Waals surface area contributed by atoms with Crippen molar-refractivity contribution in [1.82, 2.24) is 0 Å². The number of esters is 1. The molecule has 0 radical (unpaired) electrons. The molecule has 0 aromatic heterocycles. The van der Waals surface area contributed by atoms with Gasteiger partial charge in [-0.05, 0) is 69.5 Å². The van der Waals surface area contributed by atoms with Crippen LogP contribution in [0.15, 0.2) is 72.4 Å². The Bertz CT molecular complexity index is 1080. The topological polar surface area (TPSA) is 74.2 Å². The van der Waals surface area contributed by atoms with Crippen LogP contribution in [0.3, 0.4) is 0 Å². The normalized spacial score (nSPS) is 32.8. The van der Waals surface area contributed by atoms with Crippen molar-refractivity contribution in [3.05, 3.63) is 72.4 Å². The van der Waals surface area contributed by atoms with Crippen LogP contribution < -0.4 is 0 Å². The number of rotatable bonds is 5. The molecule has 3 rings (SSSR count). The zero-order valence-electron chi connectivity index (χ0n) is 27.6. The largest absolute Gasteiger partial charge is 0.456 e. The number of carbonyl (C=O) groups excluding carboxylic acids is 1. The fourth-order valence-electron chi connectivity index (χ4n) is 5.48. The van der Waals surface area contributed by atoms with E-state index >= 15 is 0 Å². The van der Waals surface area contributed by atoms with Crippen molar-refractivity contribution < 1.29 is 28.5 Å². The molecule has 0 amide bonds. The Hall–Kier alpha value is -2.03. The summed E-state index contributed by atoms with van der Waals surface area (Å²) < 4.78 is 24.8. The lowest BCUT2D eigenvalue weighted by Crippen LogP contribution is -2.43. The summed E-state index contributed by atoms with van der Waals surface area (Å²) in [7, 11) is -2.07. The van der Waals surface area contributed by atoms with Gasteiger partial charge in [-0.2, -0.15) is 0 Å². The smallest absolute Gasteiger partial charge is 0.330 e. The van der Waals surface area contributed by atoms with E-state index in [-0.39, 0.29) is 29.5 Å². The Morgan fingerprint density at radius 3 is 2.56 bits per heavy atom. The van der Waals surface area contributed by atoms with Gasteiger partial charge in [0.05, 0.1) is 31.0 Å². The summed E-state index contributed by atoms with van der Waals surface area (Å²) in [6.07, 6.45) is 20.5. The first-order valence-corrected chi connectivity index (χ1v) is 19.0. The third-order valence-electron chi connectivity index (χ3n) is 8.94. The van der Waals surface area contributed by atoms with E-state index in [2.05, 4.69) is 78.6 Å². The maximum absolute atomic E-state index is 12.9. The Balaban J connectivity index is 1.84. The van der Waals surface area contributed by atoms with Gasteiger partial charge < -0.3 is 23.7 Å². The number of hydrogen-bond acceptors (Lipinski definition) is 6. The van der Waals surface area contributed by atoms with Crippen LogP contribution in [-0.2, 0) is 23.4 Å². The monoisotopic (exact) mass is 612 g/mol. The van der Waals surface area contributed by atoms with Gasteiger partial charge >= 0.3 is 5.97 Å². The van der Waals surface area contributed by atoms with Gasteiger partial charge in [0.15, 0.2) is 8.32 Å². The number of aliphatic hydroxyl groups excluding tert-OH is 1. The van der Waals surface area contributed by atoms with Gasteiger partial charge in [-0.25, -0.2) is 4.79 Å². The third kappa shape index (κ3) is 12.1. The molecule has 2 bridgehead atoms. The Kier molecular flexibility index (Phi) is 13.5. The summed E-state index contributed by atoms with van der Waals surface area (Å²) in [5, 5.41) is 11.2. The fourth-order valence-corrected chi connectivity index (χ4v) is 6.75. The fraction of sp³-hybridized carbons (Fsp3) is 0.639. The summed E-state index contributed by atoms with van der Waals surface area (Å²) in [4.78, 5) is 12.9. The lowest BCUT2D eigenvalue weighted by molar-refractivity contribution is -0.147. The predicted molar refractivity (Wildman–Crippen MR) is 177 cm³/mol. The molecule has 1 N–H and O–H groups in total. The molecule has 0 fully saturated rings. The van der Waals surface area contributed by atoms with Crippen LogP contribution in [0.1, 0.15) is 79.6 Å². The van der Waals surface area contributed by atoms with Gasteiger partial charge in [0.1, 0.15) is 12.2 Å². The molecule has 0 spiro atoms. The van der Waals surface area contributed by atoms with Crippen LogP contribution in [0.2, 0.25) is 18.1 Å². The van der Waals surface area contributed by atoms with E-state index < -0.39 is 26.5 Å². The minimum absolute atomic E-state index is 0.0595. The summed E-state index contributed by atoms with van der Waals surface area (Å²) in [6, 6.07) is 0. The van der Waals surface area contributed by atoms with E-state index in [1.165, 1.54) is 11.6 Å². The lowest BCUT2D eigenvalue weighted by Gasteiger charge is -2.39. The number of aliphatic hydroxyl groups is 1.